The summed E-state index contributed by atoms with van der Waals surface area (Å²) >= 11 is 0. The Morgan fingerprint density at radius 2 is 1.69 bits per heavy atom. The minimum absolute atomic E-state index is 0.239. The number of nitrogens with zero attached hydrogens (tertiary/aromatic N) is 2. The molecule has 1 aromatic heterocycles. The lowest BCUT2D eigenvalue weighted by Crippen LogP contribution is -2.47. The fraction of sp³-hybridized carbons (Fsp3) is 0.414. The smallest absolute Gasteiger partial charge is 0.350 e. The van der Waals surface area contributed by atoms with Crippen LogP contribution in [0.5, 0.6) is 5.75 Å². The number of carboxylic acids is 1. The summed E-state index contributed by atoms with van der Waals surface area (Å²) in [6.45, 7) is 0.391. The van der Waals surface area contributed by atoms with Crippen LogP contribution in [0.4, 0.5) is 0 Å². The maximum atomic E-state index is 11.0. The number of fused-ring (bicyclic) bond motifs is 1. The topological polar surface area (TPSA) is 81.0 Å². The van der Waals surface area contributed by atoms with Crippen molar-refractivity contribution in [3.63, 3.8) is 0 Å². The molecule has 2 aromatic carbocycles. The third-order valence-electron chi connectivity index (χ3n) is 8.24. The Hall–Kier alpha value is -3.41. The van der Waals surface area contributed by atoms with Crippen molar-refractivity contribution in [1.82, 2.24) is 4.98 Å². The van der Waals surface area contributed by atoms with E-state index in [1.807, 2.05) is 54.6 Å². The van der Waals surface area contributed by atoms with E-state index in [1.165, 1.54) is 32.1 Å². The van der Waals surface area contributed by atoms with E-state index in [4.69, 9.17) is 14.7 Å². The first-order chi connectivity index (χ1) is 17.1. The Kier molecular flexibility index (Phi) is 5.88. The van der Waals surface area contributed by atoms with Crippen molar-refractivity contribution in [3.05, 3.63) is 71.9 Å². The minimum Gasteiger partial charge on any atom is -0.487 e. The van der Waals surface area contributed by atoms with Crippen molar-refractivity contribution in [2.75, 3.05) is 0 Å². The average Bonchev–Trinajstić information content (AvgIpc) is 2.86. The van der Waals surface area contributed by atoms with Gasteiger partial charge in [0.1, 0.15) is 12.4 Å². The predicted molar refractivity (Wildman–Crippen MR) is 133 cm³/mol. The number of benzene rings is 2. The second-order valence-electron chi connectivity index (χ2n) is 10.5. The fourth-order valence-corrected chi connectivity index (χ4v) is 7.06. The van der Waals surface area contributed by atoms with Crippen molar-refractivity contribution in [1.29, 1.82) is 0 Å². The SMILES string of the molecule is O=C(O)/C=N/OC(c1ccc(OCc2ccc3ccccc3n2)cc1)C1C2CC3CC(C2)CC1C3. The molecule has 4 fully saturated rings. The van der Waals surface area contributed by atoms with Crippen LogP contribution in [-0.2, 0) is 16.2 Å². The second kappa shape index (κ2) is 9.33. The van der Waals surface area contributed by atoms with Crippen LogP contribution in [-0.4, -0.2) is 22.3 Å². The van der Waals surface area contributed by atoms with Crippen LogP contribution in [0.2, 0.25) is 0 Å². The normalized spacial score (nSPS) is 27.8. The van der Waals surface area contributed by atoms with Gasteiger partial charge >= 0.3 is 5.97 Å². The van der Waals surface area contributed by atoms with E-state index in [0.717, 1.165) is 46.0 Å². The molecule has 4 bridgehead atoms. The van der Waals surface area contributed by atoms with Gasteiger partial charge in [-0.1, -0.05) is 41.6 Å². The van der Waals surface area contributed by atoms with Crippen LogP contribution < -0.4 is 4.74 Å². The largest absolute Gasteiger partial charge is 0.487 e. The number of ether oxygens (including phenoxy) is 1. The molecule has 3 aromatic rings. The summed E-state index contributed by atoms with van der Waals surface area (Å²) in [5, 5.41) is 14.0. The van der Waals surface area contributed by atoms with Gasteiger partial charge in [0.2, 0.25) is 0 Å². The quantitative estimate of drug-likeness (QED) is 0.322. The van der Waals surface area contributed by atoms with E-state index in [9.17, 15) is 4.79 Å². The number of hydrogen-bond donors (Lipinski definition) is 1. The first-order valence-electron chi connectivity index (χ1n) is 12.6. The summed E-state index contributed by atoms with van der Waals surface area (Å²) in [7, 11) is 0. The van der Waals surface area contributed by atoms with Crippen LogP contribution in [0.1, 0.15) is 49.5 Å². The summed E-state index contributed by atoms with van der Waals surface area (Å²) in [4.78, 5) is 21.6. The number of pyridine rings is 1. The first kappa shape index (κ1) is 22.1. The lowest BCUT2D eigenvalue weighted by molar-refractivity contribution is -0.129. The van der Waals surface area contributed by atoms with Gasteiger partial charge in [-0.05, 0) is 85.6 Å². The van der Waals surface area contributed by atoms with Crippen LogP contribution in [0.3, 0.4) is 0 Å². The summed E-state index contributed by atoms with van der Waals surface area (Å²) < 4.78 is 6.02. The first-order valence-corrected chi connectivity index (χ1v) is 12.6. The molecule has 0 spiro atoms. The molecule has 0 radical (unpaired) electrons. The van der Waals surface area contributed by atoms with E-state index in [1.54, 1.807) is 0 Å². The van der Waals surface area contributed by atoms with Crippen molar-refractivity contribution >= 4 is 23.1 Å². The maximum absolute atomic E-state index is 11.0. The highest BCUT2D eigenvalue weighted by atomic mass is 16.6. The number of carbonyl (C=O) groups is 1. The molecule has 1 atom stereocenters. The van der Waals surface area contributed by atoms with Gasteiger partial charge in [-0.3, -0.25) is 0 Å². The van der Waals surface area contributed by atoms with Crippen molar-refractivity contribution in [2.24, 2.45) is 34.7 Å². The van der Waals surface area contributed by atoms with Gasteiger partial charge in [0.05, 0.1) is 11.2 Å². The van der Waals surface area contributed by atoms with Crippen molar-refractivity contribution in [3.8, 4) is 5.75 Å². The van der Waals surface area contributed by atoms with Gasteiger partial charge in [0.25, 0.3) is 0 Å². The van der Waals surface area contributed by atoms with E-state index in [2.05, 4.69) is 16.2 Å². The van der Waals surface area contributed by atoms with E-state index < -0.39 is 5.97 Å². The van der Waals surface area contributed by atoms with Crippen LogP contribution in [0, 0.1) is 29.6 Å². The zero-order valence-electron chi connectivity index (χ0n) is 19.6. The van der Waals surface area contributed by atoms with Gasteiger partial charge in [0, 0.05) is 11.3 Å². The third-order valence-corrected chi connectivity index (χ3v) is 8.24. The van der Waals surface area contributed by atoms with Gasteiger partial charge in [-0.2, -0.15) is 0 Å². The number of para-hydroxylation sites is 1. The molecule has 4 saturated carbocycles. The molecule has 6 nitrogen and oxygen atoms in total. The molecule has 0 amide bonds. The summed E-state index contributed by atoms with van der Waals surface area (Å²) in [5.74, 6) is 3.02. The molecule has 35 heavy (non-hydrogen) atoms. The number of rotatable bonds is 8. The highest BCUT2D eigenvalue weighted by Crippen LogP contribution is 2.60. The molecule has 4 aliphatic carbocycles. The molecular weight excluding hydrogens is 440 g/mol. The predicted octanol–water partition coefficient (Wildman–Crippen LogP) is 6.01. The number of aromatic nitrogens is 1. The van der Waals surface area contributed by atoms with Crippen LogP contribution in [0.15, 0.2) is 65.8 Å². The van der Waals surface area contributed by atoms with Crippen molar-refractivity contribution < 1.29 is 19.5 Å². The van der Waals surface area contributed by atoms with Gasteiger partial charge in [-0.25, -0.2) is 9.78 Å². The lowest BCUT2D eigenvalue weighted by Gasteiger charge is -2.55. The summed E-state index contributed by atoms with van der Waals surface area (Å²) in [6, 6.07) is 20.1. The molecule has 1 N–H and O–H groups in total. The maximum Gasteiger partial charge on any atom is 0.350 e. The fourth-order valence-electron chi connectivity index (χ4n) is 7.06. The van der Waals surface area contributed by atoms with Crippen molar-refractivity contribution in [2.45, 2.75) is 44.8 Å². The Balaban J connectivity index is 1.18. The van der Waals surface area contributed by atoms with Crippen LogP contribution in [0.25, 0.3) is 10.9 Å². The Labute approximate surface area is 205 Å². The van der Waals surface area contributed by atoms with E-state index in [-0.39, 0.29) is 6.10 Å². The lowest BCUT2D eigenvalue weighted by atomic mass is 9.50. The molecule has 6 heteroatoms. The zero-order chi connectivity index (χ0) is 23.8. The Bertz CT molecular complexity index is 1210. The molecule has 4 aliphatic rings. The minimum atomic E-state index is -1.10. The van der Waals surface area contributed by atoms with Gasteiger partial charge < -0.3 is 14.7 Å². The zero-order valence-corrected chi connectivity index (χ0v) is 19.6. The molecule has 180 valence electrons. The number of oxime groups is 1. The number of aliphatic carboxylic acids is 1. The highest BCUT2D eigenvalue weighted by Gasteiger charge is 2.51. The molecule has 1 heterocycles. The monoisotopic (exact) mass is 470 g/mol. The number of hydrogen-bond acceptors (Lipinski definition) is 5. The molecule has 1 unspecified atom stereocenters. The third kappa shape index (κ3) is 4.62. The average molecular weight is 471 g/mol. The second-order valence-corrected chi connectivity index (χ2v) is 10.5. The molecule has 7 rings (SSSR count). The molecular formula is C29H30N2O4. The number of carboxylic acid groups (broad SMARTS) is 1. The molecule has 0 saturated heterocycles. The standard InChI is InChI=1S/C29H30N2O4/c32-27(33)16-30-35-29(28-22-12-18-11-19(14-22)15-23(28)13-18)21-6-9-25(10-7-21)34-17-24-8-5-20-3-1-2-4-26(20)31-24/h1-10,16,18-19,22-23,28-29H,11-15,17H2,(H,32,33)/b30-16+. The Morgan fingerprint density at radius 3 is 2.40 bits per heavy atom. The van der Waals surface area contributed by atoms with Gasteiger partial charge in [0.15, 0.2) is 12.3 Å². The Morgan fingerprint density at radius 1 is 0.971 bits per heavy atom. The van der Waals surface area contributed by atoms with E-state index in [0.29, 0.717) is 24.4 Å². The molecule has 0 aliphatic heterocycles. The van der Waals surface area contributed by atoms with Gasteiger partial charge in [-0.15, -0.1) is 0 Å². The highest BCUT2D eigenvalue weighted by molar-refractivity contribution is 6.21. The summed E-state index contributed by atoms with van der Waals surface area (Å²) in [5.41, 5.74) is 2.87. The van der Waals surface area contributed by atoms with Crippen LogP contribution >= 0.6 is 0 Å². The summed E-state index contributed by atoms with van der Waals surface area (Å²) in [6.07, 6.45) is 7.05. The van der Waals surface area contributed by atoms with E-state index >= 15 is 0 Å².